The van der Waals surface area contributed by atoms with Crippen LogP contribution >= 0.6 is 11.6 Å². The molecule has 2 N–H and O–H groups in total. The highest BCUT2D eigenvalue weighted by molar-refractivity contribution is 7.92. The molecule has 0 radical (unpaired) electrons. The Morgan fingerprint density at radius 2 is 1.50 bits per heavy atom. The summed E-state index contributed by atoms with van der Waals surface area (Å²) in [6.07, 6.45) is 0. The maximum absolute atomic E-state index is 12.4. The summed E-state index contributed by atoms with van der Waals surface area (Å²) in [5, 5.41) is 3.16. The lowest BCUT2D eigenvalue weighted by molar-refractivity contribution is 0.102. The smallest absolute Gasteiger partial charge is 0.261 e. The summed E-state index contributed by atoms with van der Waals surface area (Å²) >= 11 is 5.88. The fourth-order valence-corrected chi connectivity index (χ4v) is 3.52. The number of carbonyl (C=O) groups is 1. The molecule has 0 aromatic heterocycles. The molecule has 26 heavy (non-hydrogen) atoms. The molecular weight excluding hydrogens is 372 g/mol. The summed E-state index contributed by atoms with van der Waals surface area (Å²) in [6.45, 7) is 0. The number of rotatable bonds is 5. The predicted octanol–water partition coefficient (Wildman–Crippen LogP) is 4.39. The molecule has 0 unspecified atom stereocenters. The SMILES string of the molecule is O=C(Nc1ccc(S(=O)(=O)Nc2ccccc2)cc1)c1cccc(Cl)c1. The van der Waals surface area contributed by atoms with Gasteiger partial charge in [0, 0.05) is 22.0 Å². The molecule has 7 heteroatoms. The van der Waals surface area contributed by atoms with E-state index in [1.165, 1.54) is 24.3 Å². The molecule has 0 aliphatic heterocycles. The van der Waals surface area contributed by atoms with Gasteiger partial charge in [-0.2, -0.15) is 0 Å². The lowest BCUT2D eigenvalue weighted by atomic mass is 10.2. The van der Waals surface area contributed by atoms with Crippen LogP contribution in [-0.2, 0) is 10.0 Å². The molecule has 3 rings (SSSR count). The second-order valence-corrected chi connectivity index (χ2v) is 7.58. The van der Waals surface area contributed by atoms with E-state index in [0.29, 0.717) is 22.0 Å². The minimum Gasteiger partial charge on any atom is -0.322 e. The van der Waals surface area contributed by atoms with E-state index >= 15 is 0 Å². The zero-order valence-electron chi connectivity index (χ0n) is 13.5. The summed E-state index contributed by atoms with van der Waals surface area (Å²) in [5.74, 6) is -0.328. The van der Waals surface area contributed by atoms with E-state index < -0.39 is 10.0 Å². The van der Waals surface area contributed by atoms with Gasteiger partial charge in [-0.1, -0.05) is 35.9 Å². The van der Waals surface area contributed by atoms with Crippen molar-refractivity contribution in [3.8, 4) is 0 Å². The molecule has 0 fully saturated rings. The van der Waals surface area contributed by atoms with Gasteiger partial charge in [-0.15, -0.1) is 0 Å². The Labute approximate surface area is 156 Å². The third-order valence-electron chi connectivity index (χ3n) is 3.54. The Morgan fingerprint density at radius 3 is 2.15 bits per heavy atom. The minimum absolute atomic E-state index is 0.0992. The van der Waals surface area contributed by atoms with Crippen LogP contribution in [0.3, 0.4) is 0 Å². The fraction of sp³-hybridized carbons (Fsp3) is 0. The molecule has 0 aliphatic carbocycles. The Kier molecular flexibility index (Phi) is 5.25. The average molecular weight is 387 g/mol. The molecule has 0 spiro atoms. The van der Waals surface area contributed by atoms with Gasteiger partial charge in [-0.3, -0.25) is 9.52 Å². The van der Waals surface area contributed by atoms with Gasteiger partial charge >= 0.3 is 0 Å². The number of benzene rings is 3. The summed E-state index contributed by atoms with van der Waals surface area (Å²) in [6, 6.07) is 21.1. The number of carbonyl (C=O) groups excluding carboxylic acids is 1. The first-order valence-electron chi connectivity index (χ1n) is 7.69. The van der Waals surface area contributed by atoms with E-state index in [4.69, 9.17) is 11.6 Å². The standard InChI is InChI=1S/C19H15ClN2O3S/c20-15-6-4-5-14(13-15)19(23)21-16-9-11-18(12-10-16)26(24,25)22-17-7-2-1-3-8-17/h1-13,22H,(H,21,23). The number of hydrogen-bond acceptors (Lipinski definition) is 3. The number of amides is 1. The fourth-order valence-electron chi connectivity index (χ4n) is 2.27. The number of para-hydroxylation sites is 1. The number of anilines is 2. The molecule has 3 aromatic rings. The van der Waals surface area contributed by atoms with E-state index in [9.17, 15) is 13.2 Å². The first-order chi connectivity index (χ1) is 12.4. The second kappa shape index (κ2) is 7.59. The third-order valence-corrected chi connectivity index (χ3v) is 5.17. The molecule has 5 nitrogen and oxygen atoms in total. The highest BCUT2D eigenvalue weighted by atomic mass is 35.5. The maximum atomic E-state index is 12.4. The average Bonchev–Trinajstić information content (AvgIpc) is 2.62. The Morgan fingerprint density at radius 1 is 0.808 bits per heavy atom. The molecule has 0 saturated carbocycles. The van der Waals surface area contributed by atoms with Gasteiger partial charge in [0.1, 0.15) is 0 Å². The van der Waals surface area contributed by atoms with Crippen molar-refractivity contribution in [2.45, 2.75) is 4.90 Å². The summed E-state index contributed by atoms with van der Waals surface area (Å²) < 4.78 is 27.3. The molecule has 0 bridgehead atoms. The van der Waals surface area contributed by atoms with Crippen molar-refractivity contribution in [2.75, 3.05) is 10.0 Å². The summed E-state index contributed by atoms with van der Waals surface area (Å²) in [5.41, 5.74) is 1.37. The normalized spacial score (nSPS) is 11.0. The van der Waals surface area contributed by atoms with Gasteiger partial charge in [-0.25, -0.2) is 8.42 Å². The largest absolute Gasteiger partial charge is 0.322 e. The van der Waals surface area contributed by atoms with E-state index in [-0.39, 0.29) is 10.8 Å². The molecule has 3 aromatic carbocycles. The van der Waals surface area contributed by atoms with Gasteiger partial charge in [-0.05, 0) is 54.6 Å². The summed E-state index contributed by atoms with van der Waals surface area (Å²) in [4.78, 5) is 12.3. The number of nitrogens with one attached hydrogen (secondary N) is 2. The molecule has 0 atom stereocenters. The van der Waals surface area contributed by atoms with E-state index in [1.54, 1.807) is 54.6 Å². The van der Waals surface area contributed by atoms with Gasteiger partial charge in [0.15, 0.2) is 0 Å². The van der Waals surface area contributed by atoms with Crippen molar-refractivity contribution in [2.24, 2.45) is 0 Å². The first-order valence-corrected chi connectivity index (χ1v) is 9.55. The maximum Gasteiger partial charge on any atom is 0.261 e. The van der Waals surface area contributed by atoms with Crippen LogP contribution in [0.25, 0.3) is 0 Å². The lowest BCUT2D eigenvalue weighted by Gasteiger charge is -2.09. The van der Waals surface area contributed by atoms with Gasteiger partial charge in [0.2, 0.25) is 0 Å². The Balaban J connectivity index is 1.73. The second-order valence-electron chi connectivity index (χ2n) is 5.46. The van der Waals surface area contributed by atoms with Crippen molar-refractivity contribution in [1.29, 1.82) is 0 Å². The summed E-state index contributed by atoms with van der Waals surface area (Å²) in [7, 11) is -3.70. The molecule has 0 heterocycles. The third kappa shape index (κ3) is 4.41. The van der Waals surface area contributed by atoms with Crippen LogP contribution in [0, 0.1) is 0 Å². The van der Waals surface area contributed by atoms with E-state index in [0.717, 1.165) is 0 Å². The van der Waals surface area contributed by atoms with Gasteiger partial charge in [0.05, 0.1) is 4.90 Å². The van der Waals surface area contributed by atoms with Crippen molar-refractivity contribution in [1.82, 2.24) is 0 Å². The molecule has 0 saturated heterocycles. The van der Waals surface area contributed by atoms with Crippen LogP contribution in [-0.4, -0.2) is 14.3 Å². The van der Waals surface area contributed by atoms with E-state index in [2.05, 4.69) is 10.0 Å². The number of hydrogen-bond donors (Lipinski definition) is 2. The van der Waals surface area contributed by atoms with Crippen LogP contribution in [0.2, 0.25) is 5.02 Å². The highest BCUT2D eigenvalue weighted by Gasteiger charge is 2.14. The van der Waals surface area contributed by atoms with Crippen LogP contribution in [0.5, 0.6) is 0 Å². The molecule has 0 aliphatic rings. The van der Waals surface area contributed by atoms with Crippen LogP contribution in [0.1, 0.15) is 10.4 Å². The number of sulfonamides is 1. The Bertz CT molecular complexity index is 1020. The number of halogens is 1. The van der Waals surface area contributed by atoms with Crippen molar-refractivity contribution in [3.05, 3.63) is 89.4 Å². The van der Waals surface area contributed by atoms with Crippen LogP contribution in [0.15, 0.2) is 83.8 Å². The van der Waals surface area contributed by atoms with Crippen molar-refractivity contribution >= 4 is 38.9 Å². The first kappa shape index (κ1) is 18.0. The topological polar surface area (TPSA) is 75.3 Å². The molecule has 132 valence electrons. The zero-order valence-corrected chi connectivity index (χ0v) is 15.1. The lowest BCUT2D eigenvalue weighted by Crippen LogP contribution is -2.14. The van der Waals surface area contributed by atoms with E-state index in [1.807, 2.05) is 0 Å². The molecule has 1 amide bonds. The quantitative estimate of drug-likeness (QED) is 0.682. The van der Waals surface area contributed by atoms with Crippen LogP contribution < -0.4 is 10.0 Å². The Hall–Kier alpha value is -2.83. The van der Waals surface area contributed by atoms with Gasteiger partial charge in [0.25, 0.3) is 15.9 Å². The van der Waals surface area contributed by atoms with Gasteiger partial charge < -0.3 is 5.32 Å². The van der Waals surface area contributed by atoms with Crippen molar-refractivity contribution in [3.63, 3.8) is 0 Å². The minimum atomic E-state index is -3.70. The highest BCUT2D eigenvalue weighted by Crippen LogP contribution is 2.19. The predicted molar refractivity (Wildman–Crippen MR) is 103 cm³/mol. The van der Waals surface area contributed by atoms with Crippen molar-refractivity contribution < 1.29 is 13.2 Å². The monoisotopic (exact) mass is 386 g/mol. The zero-order chi connectivity index (χ0) is 18.6. The molecular formula is C19H15ClN2O3S. The van der Waals surface area contributed by atoms with Crippen LogP contribution in [0.4, 0.5) is 11.4 Å².